The van der Waals surface area contributed by atoms with Gasteiger partial charge in [0.25, 0.3) is 5.78 Å². The molecule has 0 bridgehead atoms. The summed E-state index contributed by atoms with van der Waals surface area (Å²) in [6, 6.07) is 18.4. The lowest BCUT2D eigenvalue weighted by Crippen LogP contribution is -2.29. The number of thiazole rings is 1. The van der Waals surface area contributed by atoms with Crippen LogP contribution in [0, 0.1) is 6.92 Å². The molecule has 1 atom stereocenters. The van der Waals surface area contributed by atoms with Crippen molar-refractivity contribution in [2.24, 2.45) is 0 Å². The zero-order chi connectivity index (χ0) is 33.1. The van der Waals surface area contributed by atoms with Crippen LogP contribution >= 0.6 is 11.3 Å². The summed E-state index contributed by atoms with van der Waals surface area (Å²) in [4.78, 5) is 46.2. The highest BCUT2D eigenvalue weighted by Crippen LogP contribution is 2.46. The maximum Gasteiger partial charge on any atom is 0.350 e. The Morgan fingerprint density at radius 2 is 1.72 bits per heavy atom. The van der Waals surface area contributed by atoms with E-state index in [2.05, 4.69) is 4.98 Å². The topological polar surface area (TPSA) is 134 Å². The van der Waals surface area contributed by atoms with E-state index in [0.29, 0.717) is 54.1 Å². The molecule has 0 saturated carbocycles. The summed E-state index contributed by atoms with van der Waals surface area (Å²) in [6.07, 6.45) is 0. The van der Waals surface area contributed by atoms with Crippen LogP contribution in [0.3, 0.4) is 0 Å². The predicted molar refractivity (Wildman–Crippen MR) is 173 cm³/mol. The monoisotopic (exact) mass is 656 g/mol. The van der Waals surface area contributed by atoms with Gasteiger partial charge in [-0.25, -0.2) is 9.78 Å². The van der Waals surface area contributed by atoms with Crippen molar-refractivity contribution in [3.8, 4) is 23.0 Å². The molecule has 0 aliphatic carbocycles. The molecule has 1 fully saturated rings. The maximum absolute atomic E-state index is 13.8. The van der Waals surface area contributed by atoms with Crippen LogP contribution in [0.4, 0.5) is 5.13 Å². The highest BCUT2D eigenvalue weighted by Gasteiger charge is 2.49. The van der Waals surface area contributed by atoms with Crippen molar-refractivity contribution in [3.05, 3.63) is 99.6 Å². The number of ketones is 1. The summed E-state index contributed by atoms with van der Waals surface area (Å²) in [5.41, 5.74) is 1.84. The Bertz CT molecular complexity index is 1870. The highest BCUT2D eigenvalue weighted by atomic mass is 32.1. The SMILES string of the molecule is CCOC(=O)c1sc(N2C(=O)C(=O)/C(=C(\O)c3ccc4c(c3)OCCO4)C2c2ccc(OCc3ccccc3)c(OCC)c2)nc1C. The number of hydrogen-bond acceptors (Lipinski definition) is 11. The first kappa shape index (κ1) is 31.6. The Balaban J connectivity index is 1.47. The van der Waals surface area contributed by atoms with E-state index in [9.17, 15) is 19.5 Å². The smallest absolute Gasteiger partial charge is 0.350 e. The van der Waals surface area contributed by atoms with Crippen LogP contribution in [0.5, 0.6) is 23.0 Å². The molecule has 3 heterocycles. The van der Waals surface area contributed by atoms with Crippen LogP contribution in [-0.4, -0.2) is 54.2 Å². The number of hydrogen-bond donors (Lipinski definition) is 1. The fourth-order valence-corrected chi connectivity index (χ4v) is 6.37. The number of rotatable bonds is 10. The minimum atomic E-state index is -1.13. The standard InChI is InChI=1S/C35H32N2O9S/c1-4-42-26-17-22(11-13-25(26)46-19-21-9-7-6-8-10-21)29-28(30(38)23-12-14-24-27(18-23)45-16-15-44-24)31(39)33(40)37(29)35-36-20(3)32(47-35)34(41)43-5-2/h6-14,17-18,29,38H,4-5,15-16,19H2,1-3H3/b30-28-. The Labute approximate surface area is 274 Å². The van der Waals surface area contributed by atoms with Crippen LogP contribution in [0.2, 0.25) is 0 Å². The lowest BCUT2D eigenvalue weighted by molar-refractivity contribution is -0.132. The molecule has 242 valence electrons. The number of carbonyl (C=O) groups excluding carboxylic acids is 3. The molecule has 2 aliphatic heterocycles. The Kier molecular flexibility index (Phi) is 9.12. The van der Waals surface area contributed by atoms with Crippen molar-refractivity contribution in [1.29, 1.82) is 0 Å². The minimum Gasteiger partial charge on any atom is -0.507 e. The Morgan fingerprint density at radius 3 is 2.47 bits per heavy atom. The number of carbonyl (C=O) groups is 3. The number of Topliss-reactive ketones (excluding diaryl/α,β-unsaturated/α-hetero) is 1. The van der Waals surface area contributed by atoms with Crippen LogP contribution in [0.25, 0.3) is 5.76 Å². The van der Waals surface area contributed by atoms with Gasteiger partial charge in [0.05, 0.1) is 30.5 Å². The Hall–Kier alpha value is -5.36. The molecule has 11 nitrogen and oxygen atoms in total. The summed E-state index contributed by atoms with van der Waals surface area (Å²) in [7, 11) is 0. The van der Waals surface area contributed by atoms with Gasteiger partial charge in [0.2, 0.25) is 0 Å². The minimum absolute atomic E-state index is 0.0984. The lowest BCUT2D eigenvalue weighted by atomic mass is 9.95. The summed E-state index contributed by atoms with van der Waals surface area (Å²) in [6.45, 7) is 6.62. The quantitative estimate of drug-likeness (QED) is 0.0937. The molecule has 3 aromatic carbocycles. The summed E-state index contributed by atoms with van der Waals surface area (Å²) in [5.74, 6) is -1.09. The normalized spacial score (nSPS) is 16.7. The highest BCUT2D eigenvalue weighted by molar-refractivity contribution is 7.17. The summed E-state index contributed by atoms with van der Waals surface area (Å²) in [5, 5.41) is 11.8. The molecule has 1 unspecified atom stereocenters. The third kappa shape index (κ3) is 6.24. The number of ether oxygens (including phenoxy) is 5. The van der Waals surface area contributed by atoms with Crippen LogP contribution in [0.15, 0.2) is 72.3 Å². The third-order valence-electron chi connectivity index (χ3n) is 7.53. The zero-order valence-corrected chi connectivity index (χ0v) is 26.8. The molecule has 1 N–H and O–H groups in total. The molecule has 1 aromatic heterocycles. The average Bonchev–Trinajstić information content (AvgIpc) is 3.60. The van der Waals surface area contributed by atoms with Crippen LogP contribution in [0.1, 0.15) is 51.9 Å². The summed E-state index contributed by atoms with van der Waals surface area (Å²) >= 11 is 0.931. The summed E-state index contributed by atoms with van der Waals surface area (Å²) < 4.78 is 28.5. The van der Waals surface area contributed by atoms with Crippen molar-refractivity contribution < 1.29 is 43.2 Å². The lowest BCUT2D eigenvalue weighted by Gasteiger charge is -2.24. The van der Waals surface area contributed by atoms with E-state index in [1.165, 1.54) is 4.90 Å². The first-order valence-electron chi connectivity index (χ1n) is 15.1. The van der Waals surface area contributed by atoms with E-state index < -0.39 is 29.5 Å². The molecule has 0 radical (unpaired) electrons. The number of fused-ring (bicyclic) bond motifs is 1. The van der Waals surface area contributed by atoms with Crippen molar-refractivity contribution in [3.63, 3.8) is 0 Å². The number of aromatic nitrogens is 1. The number of benzene rings is 3. The fraction of sp³-hybridized carbons (Fsp3) is 0.257. The number of aliphatic hydroxyl groups is 1. The average molecular weight is 657 g/mol. The number of aliphatic hydroxyl groups excluding tert-OH is 1. The molecule has 4 aromatic rings. The van der Waals surface area contributed by atoms with Gasteiger partial charge in [0.1, 0.15) is 30.5 Å². The Morgan fingerprint density at radius 1 is 0.957 bits per heavy atom. The van der Waals surface area contributed by atoms with Gasteiger partial charge < -0.3 is 28.8 Å². The number of esters is 1. The predicted octanol–water partition coefficient (Wildman–Crippen LogP) is 6.00. The molecule has 2 aliphatic rings. The van der Waals surface area contributed by atoms with Crippen molar-refractivity contribution >= 4 is 39.9 Å². The molecule has 47 heavy (non-hydrogen) atoms. The number of nitrogens with zero attached hydrogens (tertiary/aromatic N) is 2. The van der Waals surface area contributed by atoms with Gasteiger partial charge in [-0.3, -0.25) is 14.5 Å². The molecular formula is C35H32N2O9S. The third-order valence-corrected chi connectivity index (χ3v) is 8.67. The zero-order valence-electron chi connectivity index (χ0n) is 26.0. The number of aryl methyl sites for hydroxylation is 1. The van der Waals surface area contributed by atoms with E-state index >= 15 is 0 Å². The second-order valence-electron chi connectivity index (χ2n) is 10.6. The van der Waals surface area contributed by atoms with Gasteiger partial charge in [-0.2, -0.15) is 0 Å². The van der Waals surface area contributed by atoms with E-state index in [1.54, 1.807) is 50.2 Å². The van der Waals surface area contributed by atoms with E-state index in [1.807, 2.05) is 37.3 Å². The van der Waals surface area contributed by atoms with E-state index in [4.69, 9.17) is 23.7 Å². The van der Waals surface area contributed by atoms with E-state index in [0.717, 1.165) is 16.9 Å². The maximum atomic E-state index is 13.8. The molecular weight excluding hydrogens is 624 g/mol. The van der Waals surface area contributed by atoms with Crippen molar-refractivity contribution in [2.45, 2.75) is 33.4 Å². The second kappa shape index (κ2) is 13.6. The van der Waals surface area contributed by atoms with Gasteiger partial charge in [-0.1, -0.05) is 47.7 Å². The van der Waals surface area contributed by atoms with Gasteiger partial charge in [0.15, 0.2) is 28.1 Å². The van der Waals surface area contributed by atoms with Gasteiger partial charge in [0, 0.05) is 5.56 Å². The van der Waals surface area contributed by atoms with Crippen LogP contribution in [-0.2, 0) is 20.9 Å². The molecule has 1 saturated heterocycles. The molecule has 12 heteroatoms. The largest absolute Gasteiger partial charge is 0.507 e. The second-order valence-corrected chi connectivity index (χ2v) is 11.5. The first-order valence-corrected chi connectivity index (χ1v) is 15.9. The molecule has 6 rings (SSSR count). The number of amides is 1. The number of anilines is 1. The van der Waals surface area contributed by atoms with Crippen molar-refractivity contribution in [1.82, 2.24) is 4.98 Å². The van der Waals surface area contributed by atoms with E-state index in [-0.39, 0.29) is 34.4 Å². The van der Waals surface area contributed by atoms with Crippen LogP contribution < -0.4 is 23.8 Å². The first-order chi connectivity index (χ1) is 22.8. The van der Waals surface area contributed by atoms with Crippen molar-refractivity contribution in [2.75, 3.05) is 31.3 Å². The van der Waals surface area contributed by atoms with Gasteiger partial charge in [-0.05, 0) is 62.2 Å². The molecule has 1 amide bonds. The molecule has 0 spiro atoms. The van der Waals surface area contributed by atoms with Gasteiger partial charge >= 0.3 is 11.9 Å². The van der Waals surface area contributed by atoms with Gasteiger partial charge in [-0.15, -0.1) is 0 Å². The fourth-order valence-electron chi connectivity index (χ4n) is 5.38.